The lowest BCUT2D eigenvalue weighted by Crippen LogP contribution is -1.88. The second-order valence-electron chi connectivity index (χ2n) is 4.05. The molecule has 0 unspecified atom stereocenters. The third-order valence-electron chi connectivity index (χ3n) is 2.58. The molecule has 0 aliphatic rings. The van der Waals surface area contributed by atoms with Crippen LogP contribution in [0.15, 0.2) is 52.7 Å². The number of azo groups is 1. The van der Waals surface area contributed by atoms with Crippen LogP contribution in [0.1, 0.15) is 11.1 Å². The van der Waals surface area contributed by atoms with Crippen molar-refractivity contribution >= 4 is 17.1 Å². The monoisotopic (exact) mass is 225 g/mol. The predicted octanol–water partition coefficient (Wildman–Crippen LogP) is 4.30. The number of benzene rings is 2. The van der Waals surface area contributed by atoms with Gasteiger partial charge in [-0.2, -0.15) is 5.11 Å². The Morgan fingerprint density at radius 2 is 1.71 bits per heavy atom. The Labute approximate surface area is 101 Å². The molecule has 0 aromatic heterocycles. The fourth-order valence-corrected chi connectivity index (χ4v) is 1.55. The first-order chi connectivity index (χ1) is 8.16. The first-order valence-corrected chi connectivity index (χ1v) is 5.50. The molecule has 3 heteroatoms. The van der Waals surface area contributed by atoms with Crippen molar-refractivity contribution in [3.63, 3.8) is 0 Å². The predicted molar refractivity (Wildman–Crippen MR) is 70.9 cm³/mol. The van der Waals surface area contributed by atoms with E-state index in [0.29, 0.717) is 11.4 Å². The van der Waals surface area contributed by atoms with Crippen LogP contribution in [0.25, 0.3) is 0 Å². The lowest BCUT2D eigenvalue weighted by atomic mass is 10.2. The highest BCUT2D eigenvalue weighted by Gasteiger charge is 1.99. The Bertz CT molecular complexity index is 559. The quantitative estimate of drug-likeness (QED) is 0.601. The van der Waals surface area contributed by atoms with Crippen LogP contribution in [0.3, 0.4) is 0 Å². The van der Waals surface area contributed by atoms with E-state index in [1.54, 1.807) is 0 Å². The fourth-order valence-electron chi connectivity index (χ4n) is 1.55. The van der Waals surface area contributed by atoms with Gasteiger partial charge in [0.2, 0.25) is 0 Å². The van der Waals surface area contributed by atoms with Crippen LogP contribution in [0.2, 0.25) is 0 Å². The van der Waals surface area contributed by atoms with Crippen molar-refractivity contribution < 1.29 is 0 Å². The summed E-state index contributed by atoms with van der Waals surface area (Å²) in [4.78, 5) is 0. The summed E-state index contributed by atoms with van der Waals surface area (Å²) in [5, 5.41) is 8.36. The summed E-state index contributed by atoms with van der Waals surface area (Å²) in [6, 6.07) is 13.6. The summed E-state index contributed by atoms with van der Waals surface area (Å²) in [7, 11) is 0. The largest absolute Gasteiger partial charge is 0.397 e. The molecule has 0 atom stereocenters. The number of nitrogen functional groups attached to an aromatic ring is 1. The summed E-state index contributed by atoms with van der Waals surface area (Å²) < 4.78 is 0. The molecule has 86 valence electrons. The number of nitrogens with zero attached hydrogens (tertiary/aromatic N) is 2. The molecule has 0 fully saturated rings. The molecule has 3 nitrogen and oxygen atoms in total. The van der Waals surface area contributed by atoms with Gasteiger partial charge in [0.25, 0.3) is 0 Å². The maximum Gasteiger partial charge on any atom is 0.109 e. The third-order valence-corrected chi connectivity index (χ3v) is 2.58. The minimum Gasteiger partial charge on any atom is -0.397 e. The number of anilines is 1. The Balaban J connectivity index is 2.29. The molecule has 0 saturated carbocycles. The highest BCUT2D eigenvalue weighted by Crippen LogP contribution is 2.27. The van der Waals surface area contributed by atoms with E-state index in [1.165, 1.54) is 5.56 Å². The topological polar surface area (TPSA) is 50.7 Å². The van der Waals surface area contributed by atoms with Crippen LogP contribution in [-0.4, -0.2) is 0 Å². The van der Waals surface area contributed by atoms with E-state index < -0.39 is 0 Å². The standard InChI is InChI=1S/C14H15N3/c1-10-5-3-7-12(9-10)16-17-13-8-4-6-11(2)14(13)15/h3-9H,15H2,1-2H3. The molecule has 0 aliphatic heterocycles. The van der Waals surface area contributed by atoms with Crippen molar-refractivity contribution in [1.82, 2.24) is 0 Å². The van der Waals surface area contributed by atoms with E-state index in [9.17, 15) is 0 Å². The second-order valence-corrected chi connectivity index (χ2v) is 4.05. The summed E-state index contributed by atoms with van der Waals surface area (Å²) in [5.41, 5.74) is 10.3. The highest BCUT2D eigenvalue weighted by atomic mass is 15.1. The molecule has 0 spiro atoms. The minimum absolute atomic E-state index is 0.684. The number of nitrogens with two attached hydrogens (primary N) is 1. The molecular weight excluding hydrogens is 210 g/mol. The Kier molecular flexibility index (Phi) is 3.19. The first-order valence-electron chi connectivity index (χ1n) is 5.50. The van der Waals surface area contributed by atoms with Gasteiger partial charge in [-0.1, -0.05) is 24.3 Å². The summed E-state index contributed by atoms with van der Waals surface area (Å²) in [6.45, 7) is 3.99. The van der Waals surface area contributed by atoms with E-state index in [0.717, 1.165) is 11.3 Å². The van der Waals surface area contributed by atoms with Crippen LogP contribution in [0.4, 0.5) is 17.1 Å². The number of hydrogen-bond donors (Lipinski definition) is 1. The van der Waals surface area contributed by atoms with Crippen molar-refractivity contribution in [1.29, 1.82) is 0 Å². The lowest BCUT2D eigenvalue weighted by molar-refractivity contribution is 1.22. The van der Waals surface area contributed by atoms with Crippen molar-refractivity contribution in [3.8, 4) is 0 Å². The second kappa shape index (κ2) is 4.78. The Morgan fingerprint density at radius 1 is 0.941 bits per heavy atom. The maximum absolute atomic E-state index is 5.92. The van der Waals surface area contributed by atoms with E-state index >= 15 is 0 Å². The number of aryl methyl sites for hydroxylation is 2. The van der Waals surface area contributed by atoms with Gasteiger partial charge in [-0.05, 0) is 43.2 Å². The van der Waals surface area contributed by atoms with E-state index in [-0.39, 0.29) is 0 Å². The van der Waals surface area contributed by atoms with Gasteiger partial charge in [-0.25, -0.2) is 0 Å². The number of hydrogen-bond acceptors (Lipinski definition) is 3. The van der Waals surface area contributed by atoms with Gasteiger partial charge in [0.1, 0.15) is 5.69 Å². The summed E-state index contributed by atoms with van der Waals surface area (Å²) in [6.07, 6.45) is 0. The molecule has 2 aromatic carbocycles. The van der Waals surface area contributed by atoms with Gasteiger partial charge in [0.05, 0.1) is 11.4 Å². The van der Waals surface area contributed by atoms with Gasteiger partial charge in [-0.3, -0.25) is 0 Å². The molecule has 0 aliphatic carbocycles. The molecule has 2 aromatic rings. The van der Waals surface area contributed by atoms with Gasteiger partial charge in [0, 0.05) is 0 Å². The molecule has 0 bridgehead atoms. The van der Waals surface area contributed by atoms with Crippen LogP contribution >= 0.6 is 0 Å². The zero-order valence-electron chi connectivity index (χ0n) is 10.0. The Morgan fingerprint density at radius 3 is 2.47 bits per heavy atom. The smallest absolute Gasteiger partial charge is 0.109 e. The average Bonchev–Trinajstić information content (AvgIpc) is 2.31. The molecule has 0 radical (unpaired) electrons. The van der Waals surface area contributed by atoms with Gasteiger partial charge in [0.15, 0.2) is 0 Å². The zero-order valence-corrected chi connectivity index (χ0v) is 10.0. The SMILES string of the molecule is Cc1cccc(N=Nc2cccc(C)c2N)c1. The van der Waals surface area contributed by atoms with Crippen molar-refractivity contribution in [2.45, 2.75) is 13.8 Å². The minimum atomic E-state index is 0.684. The molecule has 0 saturated heterocycles. The molecule has 0 heterocycles. The van der Waals surface area contributed by atoms with Gasteiger partial charge >= 0.3 is 0 Å². The van der Waals surface area contributed by atoms with Crippen LogP contribution in [0.5, 0.6) is 0 Å². The number of para-hydroxylation sites is 1. The highest BCUT2D eigenvalue weighted by molar-refractivity contribution is 5.66. The van der Waals surface area contributed by atoms with Gasteiger partial charge < -0.3 is 5.73 Å². The van der Waals surface area contributed by atoms with Crippen LogP contribution < -0.4 is 5.73 Å². The van der Waals surface area contributed by atoms with Crippen molar-refractivity contribution in [2.75, 3.05) is 5.73 Å². The summed E-state index contributed by atoms with van der Waals surface area (Å²) >= 11 is 0. The maximum atomic E-state index is 5.92. The molecular formula is C14H15N3. The Hall–Kier alpha value is -2.16. The van der Waals surface area contributed by atoms with Crippen LogP contribution in [0, 0.1) is 13.8 Å². The molecule has 17 heavy (non-hydrogen) atoms. The van der Waals surface area contributed by atoms with Crippen molar-refractivity contribution in [2.24, 2.45) is 10.2 Å². The zero-order chi connectivity index (χ0) is 12.3. The summed E-state index contributed by atoms with van der Waals surface area (Å²) in [5.74, 6) is 0. The average molecular weight is 225 g/mol. The van der Waals surface area contributed by atoms with Gasteiger partial charge in [-0.15, -0.1) is 5.11 Å². The van der Waals surface area contributed by atoms with Crippen LogP contribution in [-0.2, 0) is 0 Å². The van der Waals surface area contributed by atoms with E-state index in [2.05, 4.69) is 10.2 Å². The van der Waals surface area contributed by atoms with E-state index in [1.807, 2.05) is 56.3 Å². The van der Waals surface area contributed by atoms with Crippen molar-refractivity contribution in [3.05, 3.63) is 53.6 Å². The molecule has 2 N–H and O–H groups in total. The first kappa shape index (κ1) is 11.3. The molecule has 0 amide bonds. The fraction of sp³-hybridized carbons (Fsp3) is 0.143. The normalized spacial score (nSPS) is 10.9. The third kappa shape index (κ3) is 2.69. The number of rotatable bonds is 2. The van der Waals surface area contributed by atoms with E-state index in [4.69, 9.17) is 5.73 Å². The lowest BCUT2D eigenvalue weighted by Gasteiger charge is -2.02. The molecule has 2 rings (SSSR count).